The number of oxazole rings is 1. The first kappa shape index (κ1) is 14.2. The highest BCUT2D eigenvalue weighted by Crippen LogP contribution is 2.09. The standard InChI is InChI=1S/C15H17FN2O2/c1-10-14(20-11(2)18-10)7-8-17-15(19)9-12-5-3-4-6-13(12)16/h3-6H,7-9H2,1-2H3,(H,17,19). The number of benzene rings is 1. The molecular weight excluding hydrogens is 259 g/mol. The van der Waals surface area contributed by atoms with E-state index >= 15 is 0 Å². The molecule has 1 aromatic heterocycles. The lowest BCUT2D eigenvalue weighted by Crippen LogP contribution is -2.27. The Kier molecular flexibility index (Phi) is 4.50. The van der Waals surface area contributed by atoms with E-state index in [0.717, 1.165) is 11.5 Å². The van der Waals surface area contributed by atoms with Crippen LogP contribution in [0.3, 0.4) is 0 Å². The molecule has 0 fully saturated rings. The van der Waals surface area contributed by atoms with Gasteiger partial charge in [0.05, 0.1) is 12.1 Å². The van der Waals surface area contributed by atoms with Crippen molar-refractivity contribution in [3.8, 4) is 0 Å². The summed E-state index contributed by atoms with van der Waals surface area (Å²) in [5, 5.41) is 2.75. The maximum atomic E-state index is 13.4. The Morgan fingerprint density at radius 3 is 2.75 bits per heavy atom. The zero-order valence-corrected chi connectivity index (χ0v) is 11.6. The van der Waals surface area contributed by atoms with Crippen molar-refractivity contribution in [3.63, 3.8) is 0 Å². The molecule has 1 N–H and O–H groups in total. The number of halogens is 1. The van der Waals surface area contributed by atoms with Gasteiger partial charge in [-0.3, -0.25) is 4.79 Å². The van der Waals surface area contributed by atoms with Crippen LogP contribution in [0, 0.1) is 19.7 Å². The van der Waals surface area contributed by atoms with E-state index in [1.165, 1.54) is 6.07 Å². The predicted octanol–water partition coefficient (Wildman–Crippen LogP) is 2.33. The van der Waals surface area contributed by atoms with Crippen LogP contribution in [0.4, 0.5) is 4.39 Å². The number of nitrogens with zero attached hydrogens (tertiary/aromatic N) is 1. The van der Waals surface area contributed by atoms with Crippen molar-refractivity contribution < 1.29 is 13.6 Å². The summed E-state index contributed by atoms with van der Waals surface area (Å²) < 4.78 is 18.8. The normalized spacial score (nSPS) is 10.6. The Hall–Kier alpha value is -2.17. The van der Waals surface area contributed by atoms with Gasteiger partial charge >= 0.3 is 0 Å². The summed E-state index contributed by atoms with van der Waals surface area (Å²) in [6.45, 7) is 4.10. The van der Waals surface area contributed by atoms with Gasteiger partial charge in [0.15, 0.2) is 5.89 Å². The molecule has 4 nitrogen and oxygen atoms in total. The van der Waals surface area contributed by atoms with E-state index in [4.69, 9.17) is 4.42 Å². The Morgan fingerprint density at radius 2 is 2.10 bits per heavy atom. The van der Waals surface area contributed by atoms with Gasteiger partial charge in [-0.25, -0.2) is 9.37 Å². The lowest BCUT2D eigenvalue weighted by molar-refractivity contribution is -0.120. The van der Waals surface area contributed by atoms with Crippen LogP contribution < -0.4 is 5.32 Å². The number of nitrogens with one attached hydrogen (secondary N) is 1. The average molecular weight is 276 g/mol. The highest BCUT2D eigenvalue weighted by molar-refractivity contribution is 5.78. The zero-order chi connectivity index (χ0) is 14.5. The van der Waals surface area contributed by atoms with Crippen LogP contribution in [0.2, 0.25) is 0 Å². The van der Waals surface area contributed by atoms with Crippen LogP contribution in [-0.4, -0.2) is 17.4 Å². The fourth-order valence-electron chi connectivity index (χ4n) is 2.00. The molecule has 1 aromatic carbocycles. The molecule has 106 valence electrons. The fraction of sp³-hybridized carbons (Fsp3) is 0.333. The molecule has 1 heterocycles. The summed E-state index contributed by atoms with van der Waals surface area (Å²) in [5.41, 5.74) is 1.24. The van der Waals surface area contributed by atoms with Crippen LogP contribution >= 0.6 is 0 Å². The minimum Gasteiger partial charge on any atom is -0.446 e. The second-order valence-corrected chi connectivity index (χ2v) is 4.61. The first-order valence-electron chi connectivity index (χ1n) is 6.49. The number of rotatable bonds is 5. The first-order chi connectivity index (χ1) is 9.56. The lowest BCUT2D eigenvalue weighted by atomic mass is 10.1. The van der Waals surface area contributed by atoms with E-state index in [-0.39, 0.29) is 18.1 Å². The van der Waals surface area contributed by atoms with Crippen molar-refractivity contribution in [2.75, 3.05) is 6.54 Å². The van der Waals surface area contributed by atoms with Gasteiger partial charge in [-0.05, 0) is 18.6 Å². The summed E-state index contributed by atoms with van der Waals surface area (Å²) >= 11 is 0. The van der Waals surface area contributed by atoms with Gasteiger partial charge in [0.2, 0.25) is 5.91 Å². The van der Waals surface area contributed by atoms with E-state index in [2.05, 4.69) is 10.3 Å². The maximum Gasteiger partial charge on any atom is 0.224 e. The van der Waals surface area contributed by atoms with Crippen molar-refractivity contribution in [1.82, 2.24) is 10.3 Å². The van der Waals surface area contributed by atoms with Gasteiger partial charge in [-0.15, -0.1) is 0 Å². The van der Waals surface area contributed by atoms with E-state index < -0.39 is 0 Å². The molecule has 0 bridgehead atoms. The largest absolute Gasteiger partial charge is 0.446 e. The number of carbonyl (C=O) groups excluding carboxylic acids is 1. The Balaban J connectivity index is 1.81. The summed E-state index contributed by atoms with van der Waals surface area (Å²) in [5.74, 6) is 0.831. The lowest BCUT2D eigenvalue weighted by Gasteiger charge is -2.05. The third-order valence-electron chi connectivity index (χ3n) is 2.98. The quantitative estimate of drug-likeness (QED) is 0.912. The van der Waals surface area contributed by atoms with Crippen molar-refractivity contribution in [3.05, 3.63) is 53.0 Å². The number of hydrogen-bond acceptors (Lipinski definition) is 3. The van der Waals surface area contributed by atoms with Crippen LogP contribution in [0.5, 0.6) is 0 Å². The van der Waals surface area contributed by atoms with Gasteiger partial charge in [0, 0.05) is 19.9 Å². The number of hydrogen-bond donors (Lipinski definition) is 1. The molecule has 0 unspecified atom stereocenters. The molecular formula is C15H17FN2O2. The highest BCUT2D eigenvalue weighted by atomic mass is 19.1. The third kappa shape index (κ3) is 3.66. The van der Waals surface area contributed by atoms with Crippen molar-refractivity contribution in [2.45, 2.75) is 26.7 Å². The fourth-order valence-corrected chi connectivity index (χ4v) is 2.00. The van der Waals surface area contributed by atoms with Crippen LogP contribution in [0.25, 0.3) is 0 Å². The van der Waals surface area contributed by atoms with E-state index in [0.29, 0.717) is 24.4 Å². The molecule has 0 spiro atoms. The molecule has 20 heavy (non-hydrogen) atoms. The van der Waals surface area contributed by atoms with Crippen molar-refractivity contribution in [1.29, 1.82) is 0 Å². The molecule has 0 atom stereocenters. The van der Waals surface area contributed by atoms with Crippen molar-refractivity contribution in [2.24, 2.45) is 0 Å². The smallest absolute Gasteiger partial charge is 0.224 e. The molecule has 0 saturated heterocycles. The second-order valence-electron chi connectivity index (χ2n) is 4.61. The monoisotopic (exact) mass is 276 g/mol. The molecule has 1 amide bonds. The Labute approximate surface area is 117 Å². The van der Waals surface area contributed by atoms with E-state index in [1.807, 2.05) is 6.92 Å². The van der Waals surface area contributed by atoms with Crippen LogP contribution in [0.15, 0.2) is 28.7 Å². The third-order valence-corrected chi connectivity index (χ3v) is 2.98. The number of carbonyl (C=O) groups is 1. The molecule has 5 heteroatoms. The number of aryl methyl sites for hydroxylation is 2. The van der Waals surface area contributed by atoms with Crippen LogP contribution in [-0.2, 0) is 17.6 Å². The molecule has 0 saturated carbocycles. The summed E-state index contributed by atoms with van der Waals surface area (Å²) in [7, 11) is 0. The molecule has 2 aromatic rings. The Bertz CT molecular complexity index is 608. The van der Waals surface area contributed by atoms with Crippen molar-refractivity contribution >= 4 is 5.91 Å². The topological polar surface area (TPSA) is 55.1 Å². The number of amides is 1. The van der Waals surface area contributed by atoms with Gasteiger partial charge in [0.1, 0.15) is 11.6 Å². The van der Waals surface area contributed by atoms with E-state index in [9.17, 15) is 9.18 Å². The summed E-state index contributed by atoms with van der Waals surface area (Å²) in [4.78, 5) is 15.9. The molecule has 0 aliphatic heterocycles. The highest BCUT2D eigenvalue weighted by Gasteiger charge is 2.09. The van der Waals surface area contributed by atoms with Gasteiger partial charge < -0.3 is 9.73 Å². The summed E-state index contributed by atoms with van der Waals surface area (Å²) in [6, 6.07) is 6.28. The molecule has 0 aliphatic carbocycles. The van der Waals surface area contributed by atoms with E-state index in [1.54, 1.807) is 25.1 Å². The molecule has 0 radical (unpaired) electrons. The zero-order valence-electron chi connectivity index (χ0n) is 11.6. The summed E-state index contributed by atoms with van der Waals surface area (Å²) in [6.07, 6.45) is 0.622. The molecule has 0 aliphatic rings. The Morgan fingerprint density at radius 1 is 1.35 bits per heavy atom. The predicted molar refractivity (Wildman–Crippen MR) is 72.8 cm³/mol. The van der Waals surface area contributed by atoms with Crippen LogP contribution in [0.1, 0.15) is 22.9 Å². The number of aromatic nitrogens is 1. The minimum absolute atomic E-state index is 0.0427. The van der Waals surface area contributed by atoms with Gasteiger partial charge in [-0.1, -0.05) is 18.2 Å². The first-order valence-corrected chi connectivity index (χ1v) is 6.49. The minimum atomic E-state index is -0.357. The van der Waals surface area contributed by atoms with Gasteiger partial charge in [0.25, 0.3) is 0 Å². The average Bonchev–Trinajstić information content (AvgIpc) is 2.71. The molecule has 2 rings (SSSR count). The maximum absolute atomic E-state index is 13.4. The second kappa shape index (κ2) is 6.32. The van der Waals surface area contributed by atoms with Gasteiger partial charge in [-0.2, -0.15) is 0 Å². The SMILES string of the molecule is Cc1nc(C)c(CCNC(=O)Cc2ccccc2F)o1.